The average molecular weight is 389 g/mol. The summed E-state index contributed by atoms with van der Waals surface area (Å²) >= 11 is 0. The molecule has 0 aromatic heterocycles. The molecule has 1 saturated heterocycles. The molecule has 28 heavy (non-hydrogen) atoms. The molecule has 2 fully saturated rings. The zero-order chi connectivity index (χ0) is 20.3. The Hall–Kier alpha value is -2.77. The van der Waals surface area contributed by atoms with Crippen LogP contribution in [0.1, 0.15) is 38.2 Å². The second-order valence-electron chi connectivity index (χ2n) is 7.37. The lowest BCUT2D eigenvalue weighted by molar-refractivity contribution is -0.145. The van der Waals surface area contributed by atoms with E-state index in [2.05, 4.69) is 5.32 Å². The maximum atomic E-state index is 13.6. The fourth-order valence-corrected chi connectivity index (χ4v) is 3.87. The van der Waals surface area contributed by atoms with Gasteiger partial charge in [0.25, 0.3) is 0 Å². The monoisotopic (exact) mass is 389 g/mol. The molecule has 2 aliphatic rings. The van der Waals surface area contributed by atoms with Gasteiger partial charge in [0.1, 0.15) is 12.4 Å². The summed E-state index contributed by atoms with van der Waals surface area (Å²) in [7, 11) is 0. The minimum Gasteiger partial charge on any atom is -0.354 e. The molecule has 0 unspecified atom stereocenters. The van der Waals surface area contributed by atoms with E-state index in [1.807, 2.05) is 6.92 Å². The Morgan fingerprint density at radius 2 is 1.86 bits per heavy atom. The third-order valence-corrected chi connectivity index (χ3v) is 5.46. The standard InChI is InChI=1S/C20H24FN3O4/c1-13-6-2-5-9-16(13)24-19(27)18(26)23(20(24)28)12-17(25)22-11-10-14-7-3-4-8-15(14)21/h3-4,7-8,13,16H,2,5-6,9-12H2,1H3,(H,22,25)/t13-,16-/m0/s1. The lowest BCUT2D eigenvalue weighted by atomic mass is 9.85. The smallest absolute Gasteiger partial charge is 0.334 e. The summed E-state index contributed by atoms with van der Waals surface area (Å²) < 4.78 is 13.6. The quantitative estimate of drug-likeness (QED) is 0.594. The second-order valence-corrected chi connectivity index (χ2v) is 7.37. The zero-order valence-corrected chi connectivity index (χ0v) is 15.8. The summed E-state index contributed by atoms with van der Waals surface area (Å²) in [6, 6.07) is 5.22. The molecule has 3 rings (SSSR count). The largest absolute Gasteiger partial charge is 0.354 e. The van der Waals surface area contributed by atoms with Crippen molar-refractivity contribution in [2.45, 2.75) is 45.1 Å². The van der Waals surface area contributed by atoms with Crippen LogP contribution in [-0.2, 0) is 20.8 Å². The van der Waals surface area contributed by atoms with Crippen molar-refractivity contribution in [3.8, 4) is 0 Å². The van der Waals surface area contributed by atoms with Crippen LogP contribution in [0.5, 0.6) is 0 Å². The molecule has 2 atom stereocenters. The third-order valence-electron chi connectivity index (χ3n) is 5.46. The number of benzene rings is 1. The molecule has 7 nitrogen and oxygen atoms in total. The minimum atomic E-state index is -0.966. The van der Waals surface area contributed by atoms with Crippen LogP contribution in [0.4, 0.5) is 9.18 Å². The normalized spacial score (nSPS) is 22.7. The first-order valence-corrected chi connectivity index (χ1v) is 9.59. The lowest BCUT2D eigenvalue weighted by Crippen LogP contribution is -2.47. The van der Waals surface area contributed by atoms with Gasteiger partial charge < -0.3 is 5.32 Å². The predicted octanol–water partition coefficient (Wildman–Crippen LogP) is 1.85. The topological polar surface area (TPSA) is 86.8 Å². The van der Waals surface area contributed by atoms with Gasteiger partial charge in [-0.3, -0.25) is 19.3 Å². The molecule has 1 aliphatic heterocycles. The number of nitrogens with one attached hydrogen (secondary N) is 1. The van der Waals surface area contributed by atoms with Crippen LogP contribution in [0.25, 0.3) is 0 Å². The molecule has 1 aromatic carbocycles. The highest BCUT2D eigenvalue weighted by atomic mass is 19.1. The molecular weight excluding hydrogens is 365 g/mol. The van der Waals surface area contributed by atoms with Crippen molar-refractivity contribution in [2.24, 2.45) is 5.92 Å². The first-order chi connectivity index (χ1) is 13.4. The first-order valence-electron chi connectivity index (χ1n) is 9.59. The fraction of sp³-hybridized carbons (Fsp3) is 0.500. The molecule has 0 bridgehead atoms. The molecule has 1 saturated carbocycles. The number of amides is 5. The van der Waals surface area contributed by atoms with E-state index in [0.29, 0.717) is 16.9 Å². The Bertz CT molecular complexity index is 797. The number of urea groups is 1. The highest BCUT2D eigenvalue weighted by Crippen LogP contribution is 2.31. The number of nitrogens with zero attached hydrogens (tertiary/aromatic N) is 2. The summed E-state index contributed by atoms with van der Waals surface area (Å²) in [4.78, 5) is 51.1. The lowest BCUT2D eigenvalue weighted by Gasteiger charge is -2.34. The van der Waals surface area contributed by atoms with Crippen molar-refractivity contribution in [3.63, 3.8) is 0 Å². The Morgan fingerprint density at radius 1 is 1.14 bits per heavy atom. The van der Waals surface area contributed by atoms with Crippen molar-refractivity contribution in [1.82, 2.24) is 15.1 Å². The molecule has 0 spiro atoms. The van der Waals surface area contributed by atoms with Gasteiger partial charge in [0.15, 0.2) is 0 Å². The SMILES string of the molecule is C[C@H]1CCCC[C@@H]1N1C(=O)C(=O)N(CC(=O)NCCc2ccccc2F)C1=O. The second kappa shape index (κ2) is 8.50. The van der Waals surface area contributed by atoms with E-state index >= 15 is 0 Å². The van der Waals surface area contributed by atoms with E-state index in [4.69, 9.17) is 0 Å². The maximum Gasteiger partial charge on any atom is 0.334 e. The van der Waals surface area contributed by atoms with Crippen molar-refractivity contribution < 1.29 is 23.6 Å². The number of halogens is 1. The maximum absolute atomic E-state index is 13.6. The highest BCUT2D eigenvalue weighted by Gasteiger charge is 2.49. The van der Waals surface area contributed by atoms with Crippen LogP contribution in [0.2, 0.25) is 0 Å². The Balaban J connectivity index is 1.56. The van der Waals surface area contributed by atoms with Gasteiger partial charge in [-0.25, -0.2) is 14.1 Å². The number of carbonyl (C=O) groups excluding carboxylic acids is 4. The summed E-state index contributed by atoms with van der Waals surface area (Å²) in [6.45, 7) is 1.61. The van der Waals surface area contributed by atoms with Gasteiger partial charge in [0.2, 0.25) is 5.91 Å². The first kappa shape index (κ1) is 20.0. The molecule has 0 radical (unpaired) electrons. The summed E-state index contributed by atoms with van der Waals surface area (Å²) in [5.41, 5.74) is 0.462. The molecule has 1 N–H and O–H groups in total. The Morgan fingerprint density at radius 3 is 2.57 bits per heavy atom. The van der Waals surface area contributed by atoms with E-state index in [0.717, 1.165) is 24.2 Å². The number of carbonyl (C=O) groups is 4. The van der Waals surface area contributed by atoms with Gasteiger partial charge in [-0.05, 0) is 36.8 Å². The number of rotatable bonds is 6. The highest BCUT2D eigenvalue weighted by molar-refractivity contribution is 6.45. The van der Waals surface area contributed by atoms with Gasteiger partial charge >= 0.3 is 17.8 Å². The van der Waals surface area contributed by atoms with Crippen LogP contribution < -0.4 is 5.32 Å². The molecular formula is C20H24FN3O4. The van der Waals surface area contributed by atoms with Gasteiger partial charge in [0.05, 0.1) is 0 Å². The van der Waals surface area contributed by atoms with E-state index in [-0.39, 0.29) is 30.7 Å². The van der Waals surface area contributed by atoms with E-state index < -0.39 is 30.3 Å². The zero-order valence-electron chi connectivity index (χ0n) is 15.8. The average Bonchev–Trinajstić information content (AvgIpc) is 2.87. The van der Waals surface area contributed by atoms with Crippen LogP contribution >= 0.6 is 0 Å². The van der Waals surface area contributed by atoms with E-state index in [1.165, 1.54) is 6.07 Å². The Kier molecular flexibility index (Phi) is 6.06. The molecule has 1 aromatic rings. The minimum absolute atomic E-state index is 0.129. The van der Waals surface area contributed by atoms with Crippen molar-refractivity contribution in [1.29, 1.82) is 0 Å². The van der Waals surface area contributed by atoms with Gasteiger partial charge in [-0.2, -0.15) is 0 Å². The molecule has 1 aliphatic carbocycles. The van der Waals surface area contributed by atoms with Crippen molar-refractivity contribution in [2.75, 3.05) is 13.1 Å². The predicted molar refractivity (Wildman–Crippen MR) is 98.5 cm³/mol. The summed E-state index contributed by atoms with van der Waals surface area (Å²) in [6.07, 6.45) is 3.79. The Labute approximate surface area is 162 Å². The summed E-state index contributed by atoms with van der Waals surface area (Å²) in [5.74, 6) is -2.62. The van der Waals surface area contributed by atoms with Crippen LogP contribution in [-0.4, -0.2) is 52.7 Å². The fourth-order valence-electron chi connectivity index (χ4n) is 3.87. The van der Waals surface area contributed by atoms with Crippen LogP contribution in [0, 0.1) is 11.7 Å². The van der Waals surface area contributed by atoms with Crippen LogP contribution in [0.15, 0.2) is 24.3 Å². The summed E-state index contributed by atoms with van der Waals surface area (Å²) in [5, 5.41) is 2.56. The van der Waals surface area contributed by atoms with Gasteiger partial charge in [-0.1, -0.05) is 38.0 Å². The van der Waals surface area contributed by atoms with Gasteiger partial charge in [-0.15, -0.1) is 0 Å². The molecule has 5 amide bonds. The van der Waals surface area contributed by atoms with Gasteiger partial charge in [0, 0.05) is 12.6 Å². The number of hydrogen-bond acceptors (Lipinski definition) is 4. The van der Waals surface area contributed by atoms with E-state index in [9.17, 15) is 23.6 Å². The third kappa shape index (κ3) is 4.05. The van der Waals surface area contributed by atoms with Crippen molar-refractivity contribution in [3.05, 3.63) is 35.6 Å². The van der Waals surface area contributed by atoms with Crippen LogP contribution in [0.3, 0.4) is 0 Å². The van der Waals surface area contributed by atoms with Crippen molar-refractivity contribution >= 4 is 23.8 Å². The number of hydrogen-bond donors (Lipinski definition) is 1. The molecule has 1 heterocycles. The number of imide groups is 2. The molecule has 8 heteroatoms. The molecule has 150 valence electrons. The van der Waals surface area contributed by atoms with E-state index in [1.54, 1.807) is 18.2 Å².